The summed E-state index contributed by atoms with van der Waals surface area (Å²) in [6.07, 6.45) is 1.18. The summed E-state index contributed by atoms with van der Waals surface area (Å²) in [5, 5.41) is 0. The predicted octanol–water partition coefficient (Wildman–Crippen LogP) is 3.14. The van der Waals surface area contributed by atoms with E-state index in [1.807, 2.05) is 0 Å². The van der Waals surface area contributed by atoms with Crippen LogP contribution in [-0.4, -0.2) is 54.5 Å². The lowest BCUT2D eigenvalue weighted by atomic mass is 9.78. The first-order chi connectivity index (χ1) is 13.3. The lowest BCUT2D eigenvalue weighted by Gasteiger charge is -2.58. The van der Waals surface area contributed by atoms with Crippen LogP contribution in [0.1, 0.15) is 17.5 Å². The van der Waals surface area contributed by atoms with Gasteiger partial charge in [0.1, 0.15) is 11.8 Å². The van der Waals surface area contributed by atoms with E-state index in [0.717, 1.165) is 39.1 Å². The van der Waals surface area contributed by atoms with Crippen molar-refractivity contribution in [2.45, 2.75) is 31.3 Å². The standard InChI is InChI=1S/C23H28N2O2/c1-3-7-19(8-4-1)14-24-15-21-13-23(18-24)22(26-11-12-27-23)25(17-21)16-20-9-5-2-6-10-20/h1-10,21-22H,11-18H2. The van der Waals surface area contributed by atoms with Crippen molar-refractivity contribution in [1.82, 2.24) is 9.80 Å². The maximum atomic E-state index is 6.47. The maximum absolute atomic E-state index is 6.47. The summed E-state index contributed by atoms with van der Waals surface area (Å²) in [4.78, 5) is 5.09. The highest BCUT2D eigenvalue weighted by Gasteiger charge is 2.54. The Kier molecular flexibility index (Phi) is 4.74. The largest absolute Gasteiger partial charge is 0.367 e. The van der Waals surface area contributed by atoms with Crippen molar-refractivity contribution >= 4 is 0 Å². The molecular formula is C23H28N2O2. The minimum Gasteiger partial charge on any atom is -0.367 e. The van der Waals surface area contributed by atoms with Gasteiger partial charge in [-0.1, -0.05) is 60.7 Å². The second kappa shape index (κ2) is 7.36. The van der Waals surface area contributed by atoms with Gasteiger partial charge in [0.15, 0.2) is 0 Å². The molecule has 5 rings (SSSR count). The summed E-state index contributed by atoms with van der Waals surface area (Å²) in [5.74, 6) is 0.629. The first-order valence-corrected chi connectivity index (χ1v) is 10.1. The summed E-state index contributed by atoms with van der Waals surface area (Å²) >= 11 is 0. The number of hydrogen-bond donors (Lipinski definition) is 0. The fourth-order valence-corrected chi connectivity index (χ4v) is 5.25. The monoisotopic (exact) mass is 364 g/mol. The average Bonchev–Trinajstić information content (AvgIpc) is 2.69. The van der Waals surface area contributed by atoms with E-state index in [2.05, 4.69) is 70.5 Å². The van der Waals surface area contributed by atoms with Gasteiger partial charge in [-0.2, -0.15) is 0 Å². The molecule has 3 aliphatic rings. The van der Waals surface area contributed by atoms with E-state index < -0.39 is 0 Å². The van der Waals surface area contributed by atoms with E-state index in [-0.39, 0.29) is 11.8 Å². The SMILES string of the molecule is c1ccc(CN2CC3CN(Cc4ccccc4)C4OCCOC4(C3)C2)cc1. The molecule has 3 aliphatic heterocycles. The van der Waals surface area contributed by atoms with Gasteiger partial charge in [0.05, 0.1) is 13.2 Å². The predicted molar refractivity (Wildman–Crippen MR) is 105 cm³/mol. The van der Waals surface area contributed by atoms with Crippen molar-refractivity contribution in [3.63, 3.8) is 0 Å². The quantitative estimate of drug-likeness (QED) is 0.832. The summed E-state index contributed by atoms with van der Waals surface area (Å²) in [7, 11) is 0. The van der Waals surface area contributed by atoms with E-state index in [1.165, 1.54) is 11.1 Å². The van der Waals surface area contributed by atoms with Crippen LogP contribution in [0.3, 0.4) is 0 Å². The number of rotatable bonds is 4. The molecule has 0 aromatic heterocycles. The number of ether oxygens (including phenoxy) is 2. The molecule has 1 spiro atoms. The van der Waals surface area contributed by atoms with Crippen molar-refractivity contribution in [3.8, 4) is 0 Å². The van der Waals surface area contributed by atoms with E-state index >= 15 is 0 Å². The number of benzene rings is 2. The molecule has 0 aliphatic carbocycles. The smallest absolute Gasteiger partial charge is 0.141 e. The third-order valence-corrected chi connectivity index (χ3v) is 6.14. The molecule has 4 heteroatoms. The molecule has 0 N–H and O–H groups in total. The third kappa shape index (κ3) is 3.55. The molecule has 0 amide bonds. The number of likely N-dealkylation sites (tertiary alicyclic amines) is 2. The Hall–Kier alpha value is -1.72. The summed E-state index contributed by atoms with van der Waals surface area (Å²) in [5.41, 5.74) is 2.54. The topological polar surface area (TPSA) is 24.9 Å². The molecule has 0 saturated carbocycles. The van der Waals surface area contributed by atoms with Crippen molar-refractivity contribution in [2.24, 2.45) is 5.92 Å². The third-order valence-electron chi connectivity index (χ3n) is 6.14. The molecule has 142 valence electrons. The Balaban J connectivity index is 1.36. The van der Waals surface area contributed by atoms with Crippen LogP contribution in [0, 0.1) is 5.92 Å². The first kappa shape index (κ1) is 17.4. The van der Waals surface area contributed by atoms with Crippen LogP contribution >= 0.6 is 0 Å². The van der Waals surface area contributed by atoms with E-state index in [0.29, 0.717) is 19.1 Å². The number of fused-ring (bicyclic) bond motifs is 1. The second-order valence-electron chi connectivity index (χ2n) is 8.28. The number of hydrogen-bond acceptors (Lipinski definition) is 4. The Bertz CT molecular complexity index is 753. The van der Waals surface area contributed by atoms with Crippen LogP contribution in [0.25, 0.3) is 0 Å². The maximum Gasteiger partial charge on any atom is 0.141 e. The molecule has 27 heavy (non-hydrogen) atoms. The zero-order valence-corrected chi connectivity index (χ0v) is 15.8. The van der Waals surface area contributed by atoms with Crippen LogP contribution in [0.5, 0.6) is 0 Å². The minimum atomic E-state index is -0.191. The van der Waals surface area contributed by atoms with E-state index in [1.54, 1.807) is 0 Å². The molecule has 3 heterocycles. The van der Waals surface area contributed by atoms with Crippen molar-refractivity contribution < 1.29 is 9.47 Å². The van der Waals surface area contributed by atoms with Gasteiger partial charge in [0.25, 0.3) is 0 Å². The highest BCUT2D eigenvalue weighted by Crippen LogP contribution is 2.42. The van der Waals surface area contributed by atoms with Gasteiger partial charge in [-0.25, -0.2) is 0 Å². The summed E-state index contributed by atoms with van der Waals surface area (Å²) in [6, 6.07) is 21.5. The molecule has 3 atom stereocenters. The molecule has 3 saturated heterocycles. The molecule has 3 fully saturated rings. The first-order valence-electron chi connectivity index (χ1n) is 10.1. The molecule has 4 nitrogen and oxygen atoms in total. The van der Waals surface area contributed by atoms with Gasteiger partial charge < -0.3 is 9.47 Å². The van der Waals surface area contributed by atoms with Crippen LogP contribution in [0.4, 0.5) is 0 Å². The molecule has 3 unspecified atom stereocenters. The van der Waals surface area contributed by atoms with Crippen molar-refractivity contribution in [3.05, 3.63) is 71.8 Å². The van der Waals surface area contributed by atoms with Gasteiger partial charge >= 0.3 is 0 Å². The van der Waals surface area contributed by atoms with Crippen LogP contribution in [0.15, 0.2) is 60.7 Å². The Morgan fingerprint density at radius 3 is 2.30 bits per heavy atom. The Morgan fingerprint density at radius 1 is 0.852 bits per heavy atom. The van der Waals surface area contributed by atoms with Crippen LogP contribution in [-0.2, 0) is 22.6 Å². The fourth-order valence-electron chi connectivity index (χ4n) is 5.25. The molecule has 2 bridgehead atoms. The molecular weight excluding hydrogens is 336 g/mol. The van der Waals surface area contributed by atoms with Gasteiger partial charge in [0.2, 0.25) is 0 Å². The van der Waals surface area contributed by atoms with E-state index in [4.69, 9.17) is 9.47 Å². The molecule has 0 radical (unpaired) electrons. The minimum absolute atomic E-state index is 0.0567. The normalized spacial score (nSPS) is 31.4. The Morgan fingerprint density at radius 2 is 1.56 bits per heavy atom. The summed E-state index contributed by atoms with van der Waals surface area (Å²) in [6.45, 7) is 6.50. The zero-order chi connectivity index (χ0) is 18.1. The molecule has 2 aromatic rings. The average molecular weight is 364 g/mol. The number of nitrogens with zero attached hydrogens (tertiary/aromatic N) is 2. The summed E-state index contributed by atoms with van der Waals surface area (Å²) < 4.78 is 12.8. The highest BCUT2D eigenvalue weighted by atomic mass is 16.6. The van der Waals surface area contributed by atoms with Crippen LogP contribution < -0.4 is 0 Å². The van der Waals surface area contributed by atoms with Gasteiger partial charge in [-0.3, -0.25) is 9.80 Å². The van der Waals surface area contributed by atoms with Gasteiger partial charge in [0, 0.05) is 32.7 Å². The Labute approximate surface area is 161 Å². The lowest BCUT2D eigenvalue weighted by Crippen LogP contribution is -2.71. The van der Waals surface area contributed by atoms with E-state index in [9.17, 15) is 0 Å². The molecule has 2 aromatic carbocycles. The van der Waals surface area contributed by atoms with Crippen LogP contribution in [0.2, 0.25) is 0 Å². The van der Waals surface area contributed by atoms with Gasteiger partial charge in [-0.05, 0) is 23.5 Å². The second-order valence-corrected chi connectivity index (χ2v) is 8.28. The van der Waals surface area contributed by atoms with Crippen molar-refractivity contribution in [2.75, 3.05) is 32.8 Å². The van der Waals surface area contributed by atoms with Crippen molar-refractivity contribution in [1.29, 1.82) is 0 Å². The zero-order valence-electron chi connectivity index (χ0n) is 15.8. The van der Waals surface area contributed by atoms with Gasteiger partial charge in [-0.15, -0.1) is 0 Å². The number of piperidine rings is 2. The lowest BCUT2D eigenvalue weighted by molar-refractivity contribution is -0.294. The highest BCUT2D eigenvalue weighted by molar-refractivity contribution is 5.17. The fraction of sp³-hybridized carbons (Fsp3) is 0.478.